The second-order valence-electron chi connectivity index (χ2n) is 4.21. The van der Waals surface area contributed by atoms with Gasteiger partial charge >= 0.3 is 6.03 Å². The van der Waals surface area contributed by atoms with Gasteiger partial charge in [0, 0.05) is 21.8 Å². The van der Waals surface area contributed by atoms with Crippen molar-refractivity contribution in [1.82, 2.24) is 5.73 Å². The van der Waals surface area contributed by atoms with Crippen molar-refractivity contribution in [2.24, 2.45) is 0 Å². The average molecular weight is 300 g/mol. The van der Waals surface area contributed by atoms with Crippen LogP contribution < -0.4 is 16.4 Å². The van der Waals surface area contributed by atoms with E-state index in [1.165, 1.54) is 12.1 Å². The fourth-order valence-corrected chi connectivity index (χ4v) is 2.08. The van der Waals surface area contributed by atoms with E-state index in [9.17, 15) is 9.59 Å². The first-order chi connectivity index (χ1) is 10.1. The van der Waals surface area contributed by atoms with Gasteiger partial charge in [0.25, 0.3) is 5.91 Å². The number of anilines is 2. The smallest absolute Gasteiger partial charge is 0.308 e. The van der Waals surface area contributed by atoms with Crippen molar-refractivity contribution in [3.8, 4) is 0 Å². The summed E-state index contributed by atoms with van der Waals surface area (Å²) in [6.07, 6.45) is 1.99. The van der Waals surface area contributed by atoms with Crippen molar-refractivity contribution in [3.63, 3.8) is 0 Å². The first kappa shape index (κ1) is 14.9. The molecule has 0 atom stereocenters. The van der Waals surface area contributed by atoms with E-state index < -0.39 is 5.91 Å². The number of hydrogen-bond donors (Lipinski definition) is 2. The molecule has 0 aliphatic heterocycles. The summed E-state index contributed by atoms with van der Waals surface area (Å²) in [6, 6.07) is 13.3. The van der Waals surface area contributed by atoms with E-state index in [0.717, 1.165) is 4.90 Å². The summed E-state index contributed by atoms with van der Waals surface area (Å²) in [6.45, 7) is 0. The molecule has 5 nitrogen and oxygen atoms in total. The summed E-state index contributed by atoms with van der Waals surface area (Å²) in [7, 11) is 0. The third-order valence-electron chi connectivity index (χ3n) is 2.75. The second-order valence-corrected chi connectivity index (χ2v) is 5.09. The van der Waals surface area contributed by atoms with E-state index in [1.54, 1.807) is 23.9 Å². The van der Waals surface area contributed by atoms with Gasteiger partial charge in [0.2, 0.25) is 0 Å². The number of carbonyl (C=O) groups excluding carboxylic acids is 2. The number of thioether (sulfide) groups is 1. The Balaban J connectivity index is 1.95. The summed E-state index contributed by atoms with van der Waals surface area (Å²) in [5.74, 6) is -0.750. The first-order valence-electron chi connectivity index (χ1n) is 6.16. The highest BCUT2D eigenvalue weighted by Gasteiger charge is 2.04. The lowest BCUT2D eigenvalue weighted by molar-refractivity contribution is 0.0992. The number of rotatable bonds is 4. The van der Waals surface area contributed by atoms with E-state index in [1.807, 2.05) is 30.5 Å². The molecule has 6 heteroatoms. The fraction of sp³-hybridized carbons (Fsp3) is 0.0667. The van der Waals surface area contributed by atoms with Crippen LogP contribution in [-0.2, 0) is 0 Å². The zero-order valence-corrected chi connectivity index (χ0v) is 12.2. The molecular formula is C15H14N3O2S. The van der Waals surface area contributed by atoms with Gasteiger partial charge in [-0.15, -0.1) is 11.8 Å². The monoisotopic (exact) mass is 300 g/mol. The van der Waals surface area contributed by atoms with E-state index >= 15 is 0 Å². The molecule has 3 amide bonds. The standard InChI is InChI=1S/C15H14N3O2S/c1-21-13-8-6-12(7-9-13)18-15(20)17-11-4-2-10(3-5-11)14(16)19/h2-9,16H,1H3,(H2,17,18,20). The maximum absolute atomic E-state index is 11.8. The Bertz CT molecular complexity index is 639. The molecule has 2 aromatic rings. The molecule has 2 rings (SSSR count). The summed E-state index contributed by atoms with van der Waals surface area (Å²) < 4.78 is 0. The maximum atomic E-state index is 11.8. The SMILES string of the molecule is CSc1ccc(NC(=O)Nc2ccc(C([NH])=O)cc2)cc1. The number of carbonyl (C=O) groups is 2. The molecule has 0 aromatic heterocycles. The molecule has 0 fully saturated rings. The molecule has 0 spiro atoms. The van der Waals surface area contributed by atoms with Gasteiger partial charge in [0.1, 0.15) is 0 Å². The lowest BCUT2D eigenvalue weighted by Gasteiger charge is -2.08. The van der Waals surface area contributed by atoms with E-state index in [-0.39, 0.29) is 11.6 Å². The molecule has 0 aliphatic carbocycles. The average Bonchev–Trinajstić information content (AvgIpc) is 2.48. The summed E-state index contributed by atoms with van der Waals surface area (Å²) >= 11 is 1.63. The molecule has 0 bridgehead atoms. The molecule has 0 saturated heterocycles. The summed E-state index contributed by atoms with van der Waals surface area (Å²) in [4.78, 5) is 23.8. The number of amides is 3. The van der Waals surface area contributed by atoms with Crippen molar-refractivity contribution in [2.45, 2.75) is 4.90 Å². The zero-order chi connectivity index (χ0) is 15.2. The third-order valence-corrected chi connectivity index (χ3v) is 3.50. The Morgan fingerprint density at radius 2 is 1.38 bits per heavy atom. The maximum Gasteiger partial charge on any atom is 0.323 e. The Labute approximate surface area is 126 Å². The van der Waals surface area contributed by atoms with Crippen molar-refractivity contribution >= 4 is 35.1 Å². The minimum absolute atomic E-state index is 0.286. The molecule has 21 heavy (non-hydrogen) atoms. The minimum Gasteiger partial charge on any atom is -0.308 e. The van der Waals surface area contributed by atoms with Crippen molar-refractivity contribution in [3.05, 3.63) is 54.1 Å². The Morgan fingerprint density at radius 1 is 0.905 bits per heavy atom. The van der Waals surface area contributed by atoms with E-state index in [4.69, 9.17) is 5.73 Å². The van der Waals surface area contributed by atoms with Crippen LogP contribution in [0.4, 0.5) is 16.2 Å². The molecule has 107 valence electrons. The van der Waals surface area contributed by atoms with Crippen LogP contribution in [0.5, 0.6) is 0 Å². The van der Waals surface area contributed by atoms with Gasteiger partial charge in [-0.2, -0.15) is 0 Å². The largest absolute Gasteiger partial charge is 0.323 e. The molecule has 0 saturated carbocycles. The summed E-state index contributed by atoms with van der Waals surface area (Å²) in [5, 5.41) is 5.37. The fourth-order valence-electron chi connectivity index (χ4n) is 1.67. The molecule has 0 heterocycles. The molecule has 0 unspecified atom stereocenters. The van der Waals surface area contributed by atoms with Gasteiger partial charge in [-0.3, -0.25) is 10.5 Å². The minimum atomic E-state index is -0.750. The first-order valence-corrected chi connectivity index (χ1v) is 7.39. The van der Waals surface area contributed by atoms with Gasteiger partial charge in [-0.05, 0) is 54.8 Å². The molecule has 2 aromatic carbocycles. The number of nitrogens with one attached hydrogen (secondary N) is 3. The molecular weight excluding hydrogens is 286 g/mol. The Hall–Kier alpha value is -2.47. The van der Waals surface area contributed by atoms with Crippen LogP contribution in [0.1, 0.15) is 10.4 Å². The normalized spacial score (nSPS) is 9.95. The van der Waals surface area contributed by atoms with E-state index in [0.29, 0.717) is 11.4 Å². The number of benzene rings is 2. The van der Waals surface area contributed by atoms with Gasteiger partial charge in [0.05, 0.1) is 0 Å². The number of hydrogen-bond acceptors (Lipinski definition) is 3. The quantitative estimate of drug-likeness (QED) is 0.848. The van der Waals surface area contributed by atoms with Gasteiger partial charge in [0.15, 0.2) is 0 Å². The Kier molecular flexibility index (Phi) is 4.84. The van der Waals surface area contributed by atoms with Crippen molar-refractivity contribution in [2.75, 3.05) is 16.9 Å². The zero-order valence-electron chi connectivity index (χ0n) is 11.3. The summed E-state index contributed by atoms with van der Waals surface area (Å²) in [5.41, 5.74) is 8.51. The number of urea groups is 1. The lowest BCUT2D eigenvalue weighted by atomic mass is 10.2. The highest BCUT2D eigenvalue weighted by atomic mass is 32.2. The van der Waals surface area contributed by atoms with Gasteiger partial charge in [-0.1, -0.05) is 0 Å². The predicted molar refractivity (Wildman–Crippen MR) is 84.7 cm³/mol. The second kappa shape index (κ2) is 6.81. The predicted octanol–water partition coefficient (Wildman–Crippen LogP) is 3.48. The van der Waals surface area contributed by atoms with Crippen molar-refractivity contribution in [1.29, 1.82) is 0 Å². The van der Waals surface area contributed by atoms with Crippen LogP contribution in [0.25, 0.3) is 0 Å². The molecule has 0 aliphatic rings. The van der Waals surface area contributed by atoms with Crippen LogP contribution in [0.15, 0.2) is 53.4 Å². The highest BCUT2D eigenvalue weighted by Crippen LogP contribution is 2.17. The van der Waals surface area contributed by atoms with E-state index in [2.05, 4.69) is 10.6 Å². The van der Waals surface area contributed by atoms with Gasteiger partial charge < -0.3 is 10.6 Å². The van der Waals surface area contributed by atoms with Gasteiger partial charge in [-0.25, -0.2) is 4.79 Å². The van der Waals surface area contributed by atoms with Crippen LogP contribution >= 0.6 is 11.8 Å². The molecule has 3 N–H and O–H groups in total. The van der Waals surface area contributed by atoms with Crippen LogP contribution in [0, 0.1) is 0 Å². The van der Waals surface area contributed by atoms with Crippen LogP contribution in [0.3, 0.4) is 0 Å². The topological polar surface area (TPSA) is 82.0 Å². The molecule has 1 radical (unpaired) electrons. The third kappa shape index (κ3) is 4.25. The van der Waals surface area contributed by atoms with Crippen molar-refractivity contribution < 1.29 is 9.59 Å². The Morgan fingerprint density at radius 3 is 1.81 bits per heavy atom. The van der Waals surface area contributed by atoms with Crippen LogP contribution in [-0.4, -0.2) is 18.2 Å². The van der Waals surface area contributed by atoms with Crippen LogP contribution in [0.2, 0.25) is 0 Å². The highest BCUT2D eigenvalue weighted by molar-refractivity contribution is 7.98. The lowest BCUT2D eigenvalue weighted by Crippen LogP contribution is -2.19.